The zero-order valence-electron chi connectivity index (χ0n) is 9.07. The molecule has 1 N–H and O–H groups in total. The predicted molar refractivity (Wildman–Crippen MR) is 59.1 cm³/mol. The Morgan fingerprint density at radius 3 is 3.00 bits per heavy atom. The summed E-state index contributed by atoms with van der Waals surface area (Å²) in [7, 11) is 0. The molecular formula is C11H17N3O. The molecule has 82 valence electrons. The Labute approximate surface area is 90.1 Å². The lowest BCUT2D eigenvalue weighted by Crippen LogP contribution is -2.16. The third-order valence-corrected chi connectivity index (χ3v) is 2.61. The number of hydrogen-bond acceptors (Lipinski definition) is 4. The summed E-state index contributed by atoms with van der Waals surface area (Å²) in [5, 5.41) is 3.34. The molecule has 1 saturated carbocycles. The monoisotopic (exact) mass is 207 g/mol. The van der Waals surface area contributed by atoms with Gasteiger partial charge in [0.1, 0.15) is 0 Å². The van der Waals surface area contributed by atoms with Gasteiger partial charge in [0.2, 0.25) is 11.8 Å². The van der Waals surface area contributed by atoms with Crippen LogP contribution in [-0.2, 0) is 0 Å². The van der Waals surface area contributed by atoms with E-state index in [2.05, 4.69) is 15.3 Å². The minimum atomic E-state index is 0.543. The molecule has 0 radical (unpaired) electrons. The average molecular weight is 207 g/mol. The third kappa shape index (κ3) is 2.81. The zero-order valence-corrected chi connectivity index (χ0v) is 9.07. The highest BCUT2D eigenvalue weighted by atomic mass is 16.5. The van der Waals surface area contributed by atoms with Crippen molar-refractivity contribution in [2.45, 2.75) is 38.6 Å². The van der Waals surface area contributed by atoms with Gasteiger partial charge in [-0.2, -0.15) is 4.98 Å². The normalized spacial score (nSPS) is 16.6. The fourth-order valence-electron chi connectivity index (χ4n) is 1.89. The highest BCUT2D eigenvalue weighted by Gasteiger charge is 2.15. The van der Waals surface area contributed by atoms with Gasteiger partial charge in [-0.05, 0) is 19.8 Å². The molecule has 0 aromatic carbocycles. The summed E-state index contributed by atoms with van der Waals surface area (Å²) >= 11 is 0. The van der Waals surface area contributed by atoms with Crippen LogP contribution in [-0.4, -0.2) is 22.6 Å². The van der Waals surface area contributed by atoms with E-state index >= 15 is 0 Å². The smallest absolute Gasteiger partial charge is 0.226 e. The van der Waals surface area contributed by atoms with Gasteiger partial charge in [-0.15, -0.1) is 0 Å². The summed E-state index contributed by atoms with van der Waals surface area (Å²) in [6, 6.07) is 2.32. The van der Waals surface area contributed by atoms with Crippen molar-refractivity contribution in [2.24, 2.45) is 0 Å². The number of aromatic nitrogens is 2. The van der Waals surface area contributed by atoms with Crippen LogP contribution in [0.1, 0.15) is 32.6 Å². The van der Waals surface area contributed by atoms with Crippen LogP contribution in [0, 0.1) is 0 Å². The van der Waals surface area contributed by atoms with E-state index in [9.17, 15) is 0 Å². The lowest BCUT2D eigenvalue weighted by Gasteiger charge is -2.11. The minimum Gasteiger partial charge on any atom is -0.478 e. The Bertz CT molecular complexity index is 310. The van der Waals surface area contributed by atoms with E-state index in [4.69, 9.17) is 4.74 Å². The van der Waals surface area contributed by atoms with E-state index < -0.39 is 0 Å². The fourth-order valence-corrected chi connectivity index (χ4v) is 1.89. The Kier molecular flexibility index (Phi) is 3.37. The van der Waals surface area contributed by atoms with E-state index in [0.29, 0.717) is 24.5 Å². The number of hydrogen-bond donors (Lipinski definition) is 1. The number of nitrogens with zero attached hydrogens (tertiary/aromatic N) is 2. The summed E-state index contributed by atoms with van der Waals surface area (Å²) in [5.74, 6) is 1.33. The van der Waals surface area contributed by atoms with Gasteiger partial charge in [-0.1, -0.05) is 12.8 Å². The SMILES string of the molecule is CCOc1ccnc(NC2CCCC2)n1. The van der Waals surface area contributed by atoms with Gasteiger partial charge in [0.15, 0.2) is 0 Å². The second kappa shape index (κ2) is 4.96. The molecule has 0 spiro atoms. The molecule has 2 rings (SSSR count). The maximum atomic E-state index is 5.32. The van der Waals surface area contributed by atoms with Crippen molar-refractivity contribution in [1.82, 2.24) is 9.97 Å². The van der Waals surface area contributed by atoms with Gasteiger partial charge in [0, 0.05) is 18.3 Å². The van der Waals surface area contributed by atoms with Crippen LogP contribution in [0.2, 0.25) is 0 Å². The second-order valence-electron chi connectivity index (χ2n) is 3.78. The molecule has 0 aliphatic heterocycles. The van der Waals surface area contributed by atoms with Crippen molar-refractivity contribution in [1.29, 1.82) is 0 Å². The third-order valence-electron chi connectivity index (χ3n) is 2.61. The van der Waals surface area contributed by atoms with Crippen LogP contribution in [0.3, 0.4) is 0 Å². The van der Waals surface area contributed by atoms with Crippen molar-refractivity contribution >= 4 is 5.95 Å². The number of rotatable bonds is 4. The molecule has 1 heterocycles. The second-order valence-corrected chi connectivity index (χ2v) is 3.78. The van der Waals surface area contributed by atoms with Crippen molar-refractivity contribution in [3.8, 4) is 5.88 Å². The van der Waals surface area contributed by atoms with E-state index in [-0.39, 0.29) is 0 Å². The van der Waals surface area contributed by atoms with Gasteiger partial charge in [0.05, 0.1) is 6.61 Å². The molecule has 0 bridgehead atoms. The van der Waals surface area contributed by atoms with Gasteiger partial charge in [-0.3, -0.25) is 0 Å². The Morgan fingerprint density at radius 1 is 1.47 bits per heavy atom. The summed E-state index contributed by atoms with van der Waals surface area (Å²) in [6.45, 7) is 2.59. The van der Waals surface area contributed by atoms with Gasteiger partial charge in [0.25, 0.3) is 0 Å². The number of nitrogens with one attached hydrogen (secondary N) is 1. The molecule has 1 aromatic rings. The largest absolute Gasteiger partial charge is 0.478 e. The van der Waals surface area contributed by atoms with Crippen molar-refractivity contribution in [3.05, 3.63) is 12.3 Å². The van der Waals surface area contributed by atoms with Crippen molar-refractivity contribution in [3.63, 3.8) is 0 Å². The van der Waals surface area contributed by atoms with E-state index in [1.807, 2.05) is 6.92 Å². The first-order valence-electron chi connectivity index (χ1n) is 5.61. The van der Waals surface area contributed by atoms with Crippen molar-refractivity contribution < 1.29 is 4.74 Å². The first-order valence-corrected chi connectivity index (χ1v) is 5.61. The molecule has 0 atom stereocenters. The Morgan fingerprint density at radius 2 is 2.27 bits per heavy atom. The Balaban J connectivity index is 1.97. The molecule has 0 amide bonds. The van der Waals surface area contributed by atoms with Crippen LogP contribution < -0.4 is 10.1 Å². The van der Waals surface area contributed by atoms with Gasteiger partial charge in [-0.25, -0.2) is 4.98 Å². The van der Waals surface area contributed by atoms with Crippen molar-refractivity contribution in [2.75, 3.05) is 11.9 Å². The van der Waals surface area contributed by atoms with E-state index in [1.165, 1.54) is 25.7 Å². The maximum Gasteiger partial charge on any atom is 0.226 e. The lowest BCUT2D eigenvalue weighted by molar-refractivity contribution is 0.326. The molecule has 15 heavy (non-hydrogen) atoms. The molecule has 4 nitrogen and oxygen atoms in total. The standard InChI is InChI=1S/C11H17N3O/c1-2-15-10-7-8-12-11(14-10)13-9-5-3-4-6-9/h7-9H,2-6H2,1H3,(H,12,13,14). The summed E-state index contributed by atoms with van der Waals surface area (Å²) in [6.07, 6.45) is 6.80. The number of ether oxygens (including phenoxy) is 1. The minimum absolute atomic E-state index is 0.543. The quantitative estimate of drug-likeness (QED) is 0.822. The van der Waals surface area contributed by atoms with Gasteiger partial charge >= 0.3 is 0 Å². The summed E-state index contributed by atoms with van der Waals surface area (Å²) in [4.78, 5) is 8.46. The molecule has 1 fully saturated rings. The first kappa shape index (κ1) is 10.2. The highest BCUT2D eigenvalue weighted by Crippen LogP contribution is 2.21. The van der Waals surface area contributed by atoms with Crippen LogP contribution in [0.25, 0.3) is 0 Å². The maximum absolute atomic E-state index is 5.32. The summed E-state index contributed by atoms with van der Waals surface area (Å²) < 4.78 is 5.32. The van der Waals surface area contributed by atoms with Crippen LogP contribution in [0.5, 0.6) is 5.88 Å². The predicted octanol–water partition coefficient (Wildman–Crippen LogP) is 2.23. The average Bonchev–Trinajstić information content (AvgIpc) is 2.71. The van der Waals surface area contributed by atoms with E-state index in [1.54, 1.807) is 12.3 Å². The van der Waals surface area contributed by atoms with E-state index in [0.717, 1.165) is 0 Å². The number of anilines is 1. The molecule has 1 aliphatic rings. The van der Waals surface area contributed by atoms with Crippen LogP contribution in [0.15, 0.2) is 12.3 Å². The fraction of sp³-hybridized carbons (Fsp3) is 0.636. The summed E-state index contributed by atoms with van der Waals surface area (Å²) in [5.41, 5.74) is 0. The molecule has 1 aromatic heterocycles. The molecular weight excluding hydrogens is 190 g/mol. The lowest BCUT2D eigenvalue weighted by atomic mass is 10.2. The molecule has 0 saturated heterocycles. The first-order chi connectivity index (χ1) is 7.38. The topological polar surface area (TPSA) is 47.0 Å². The van der Waals surface area contributed by atoms with Crippen LogP contribution >= 0.6 is 0 Å². The Hall–Kier alpha value is -1.32. The van der Waals surface area contributed by atoms with Crippen LogP contribution in [0.4, 0.5) is 5.95 Å². The zero-order chi connectivity index (χ0) is 10.5. The highest BCUT2D eigenvalue weighted by molar-refractivity contribution is 5.29. The van der Waals surface area contributed by atoms with Gasteiger partial charge < -0.3 is 10.1 Å². The molecule has 4 heteroatoms. The molecule has 0 unspecified atom stereocenters. The molecule has 1 aliphatic carbocycles.